The molecular weight excluding hydrogens is 264 g/mol. The fourth-order valence-electron chi connectivity index (χ4n) is 2.18. The first-order valence-corrected chi connectivity index (χ1v) is 6.74. The molecule has 6 heteroatoms. The third-order valence-electron chi connectivity index (χ3n) is 3.24. The van der Waals surface area contributed by atoms with Gasteiger partial charge < -0.3 is 5.32 Å². The molecule has 6 nitrogen and oxygen atoms in total. The van der Waals surface area contributed by atoms with E-state index in [1.165, 1.54) is 0 Å². The molecule has 1 unspecified atom stereocenters. The van der Waals surface area contributed by atoms with Crippen LogP contribution >= 0.6 is 0 Å². The normalized spacial score (nSPS) is 12.1. The zero-order valence-electron chi connectivity index (χ0n) is 11.9. The van der Waals surface area contributed by atoms with Gasteiger partial charge in [0.25, 0.3) is 0 Å². The minimum atomic E-state index is 0.157. The van der Waals surface area contributed by atoms with Crippen LogP contribution in [-0.2, 0) is 0 Å². The number of tetrazole rings is 1. The molecule has 0 aliphatic rings. The number of benzene rings is 1. The molecule has 0 amide bonds. The first kappa shape index (κ1) is 13.2. The minimum absolute atomic E-state index is 0.157. The van der Waals surface area contributed by atoms with Gasteiger partial charge in [-0.1, -0.05) is 12.1 Å². The zero-order valence-corrected chi connectivity index (χ0v) is 11.9. The number of pyridine rings is 1. The maximum atomic E-state index is 4.20. The Labute approximate surface area is 122 Å². The average Bonchev–Trinajstić information content (AvgIpc) is 3.02. The lowest BCUT2D eigenvalue weighted by molar-refractivity contribution is 0.785. The number of nitrogens with zero attached hydrogens (tertiary/aromatic N) is 5. The van der Waals surface area contributed by atoms with Crippen LogP contribution in [-0.4, -0.2) is 25.2 Å². The molecule has 0 fully saturated rings. The fraction of sp³-hybridized carbons (Fsp3) is 0.200. The summed E-state index contributed by atoms with van der Waals surface area (Å²) in [6.07, 6.45) is 5.25. The molecule has 3 rings (SSSR count). The van der Waals surface area contributed by atoms with Crippen molar-refractivity contribution in [2.24, 2.45) is 0 Å². The van der Waals surface area contributed by atoms with Gasteiger partial charge in [0.1, 0.15) is 6.33 Å². The van der Waals surface area contributed by atoms with E-state index in [0.717, 1.165) is 22.5 Å². The van der Waals surface area contributed by atoms with Crippen molar-refractivity contribution in [1.82, 2.24) is 25.2 Å². The van der Waals surface area contributed by atoms with Crippen molar-refractivity contribution in [3.63, 3.8) is 0 Å². The number of aryl methyl sites for hydroxylation is 1. The van der Waals surface area contributed by atoms with Crippen molar-refractivity contribution in [2.75, 3.05) is 5.32 Å². The second-order valence-corrected chi connectivity index (χ2v) is 4.97. The third-order valence-corrected chi connectivity index (χ3v) is 3.24. The van der Waals surface area contributed by atoms with E-state index in [-0.39, 0.29) is 6.04 Å². The lowest BCUT2D eigenvalue weighted by atomic mass is 10.1. The number of anilines is 1. The Morgan fingerprint density at radius 2 is 2.10 bits per heavy atom. The summed E-state index contributed by atoms with van der Waals surface area (Å²) < 4.78 is 1.64. The van der Waals surface area contributed by atoms with Gasteiger partial charge in [-0.2, -0.15) is 0 Å². The van der Waals surface area contributed by atoms with E-state index in [9.17, 15) is 0 Å². The van der Waals surface area contributed by atoms with Crippen molar-refractivity contribution >= 4 is 5.69 Å². The van der Waals surface area contributed by atoms with Gasteiger partial charge in [0.2, 0.25) is 0 Å². The zero-order chi connectivity index (χ0) is 14.7. The quantitative estimate of drug-likeness (QED) is 0.795. The summed E-state index contributed by atoms with van der Waals surface area (Å²) in [5.41, 5.74) is 4.24. The van der Waals surface area contributed by atoms with Gasteiger partial charge in [-0.05, 0) is 53.6 Å². The van der Waals surface area contributed by atoms with E-state index in [4.69, 9.17) is 0 Å². The Bertz CT molecular complexity index is 723. The summed E-state index contributed by atoms with van der Waals surface area (Å²) >= 11 is 0. The number of aromatic nitrogens is 5. The molecule has 0 bridgehead atoms. The van der Waals surface area contributed by atoms with Crippen LogP contribution in [0.3, 0.4) is 0 Å². The van der Waals surface area contributed by atoms with Crippen LogP contribution in [0.2, 0.25) is 0 Å². The van der Waals surface area contributed by atoms with E-state index < -0.39 is 0 Å². The number of rotatable bonds is 4. The first-order chi connectivity index (χ1) is 10.2. The molecular formula is C15H16N6. The predicted octanol–water partition coefficient (Wildman–Crippen LogP) is 2.54. The number of hydrogen-bond donors (Lipinski definition) is 1. The third kappa shape index (κ3) is 3.05. The Morgan fingerprint density at radius 1 is 1.19 bits per heavy atom. The molecule has 0 saturated heterocycles. The van der Waals surface area contributed by atoms with Gasteiger partial charge in [-0.3, -0.25) is 4.98 Å². The van der Waals surface area contributed by atoms with Crippen LogP contribution < -0.4 is 5.32 Å². The highest BCUT2D eigenvalue weighted by molar-refractivity contribution is 5.46. The molecule has 1 atom stereocenters. The van der Waals surface area contributed by atoms with Crippen molar-refractivity contribution in [3.8, 4) is 5.69 Å². The molecule has 2 heterocycles. The number of nitrogens with one attached hydrogen (secondary N) is 1. The van der Waals surface area contributed by atoms with Crippen LogP contribution in [0.4, 0.5) is 5.69 Å². The Balaban J connectivity index is 1.81. The highest BCUT2D eigenvalue weighted by atomic mass is 15.5. The van der Waals surface area contributed by atoms with Gasteiger partial charge in [-0.15, -0.1) is 5.10 Å². The molecule has 2 aromatic heterocycles. The predicted molar refractivity (Wildman–Crippen MR) is 80.2 cm³/mol. The van der Waals surface area contributed by atoms with Crippen LogP contribution in [0, 0.1) is 6.92 Å². The smallest absolute Gasteiger partial charge is 0.143 e. The van der Waals surface area contributed by atoms with E-state index in [2.05, 4.69) is 50.9 Å². The average molecular weight is 280 g/mol. The summed E-state index contributed by atoms with van der Waals surface area (Å²) in [6.45, 7) is 4.14. The van der Waals surface area contributed by atoms with Gasteiger partial charge in [0.15, 0.2) is 0 Å². The summed E-state index contributed by atoms with van der Waals surface area (Å²) in [6, 6.07) is 10.4. The summed E-state index contributed by atoms with van der Waals surface area (Å²) in [7, 11) is 0. The largest absolute Gasteiger partial charge is 0.377 e. The minimum Gasteiger partial charge on any atom is -0.377 e. The second-order valence-electron chi connectivity index (χ2n) is 4.97. The van der Waals surface area contributed by atoms with Gasteiger partial charge >= 0.3 is 0 Å². The lowest BCUT2D eigenvalue weighted by Crippen LogP contribution is -2.08. The molecule has 3 aromatic rings. The van der Waals surface area contributed by atoms with E-state index in [0.29, 0.717) is 0 Å². The van der Waals surface area contributed by atoms with Crippen molar-refractivity contribution in [2.45, 2.75) is 19.9 Å². The summed E-state index contributed by atoms with van der Waals surface area (Å²) in [5.74, 6) is 0. The molecule has 0 aliphatic carbocycles. The Morgan fingerprint density at radius 3 is 2.86 bits per heavy atom. The standard InChI is InChI=1S/C15H16N6/c1-11-6-14(9-16-8-11)18-12(2)13-4-3-5-15(7-13)21-10-17-19-20-21/h3-10,12,18H,1-2H3. The highest BCUT2D eigenvalue weighted by Crippen LogP contribution is 2.21. The summed E-state index contributed by atoms with van der Waals surface area (Å²) in [4.78, 5) is 4.20. The highest BCUT2D eigenvalue weighted by Gasteiger charge is 2.07. The Hall–Kier alpha value is -2.76. The molecule has 0 saturated carbocycles. The molecule has 0 radical (unpaired) electrons. The van der Waals surface area contributed by atoms with Gasteiger partial charge in [0.05, 0.1) is 11.4 Å². The maximum absolute atomic E-state index is 4.20. The molecule has 106 valence electrons. The van der Waals surface area contributed by atoms with Crippen LogP contribution in [0.1, 0.15) is 24.1 Å². The first-order valence-electron chi connectivity index (χ1n) is 6.74. The van der Waals surface area contributed by atoms with Crippen molar-refractivity contribution in [1.29, 1.82) is 0 Å². The van der Waals surface area contributed by atoms with Crippen LogP contribution in [0.25, 0.3) is 5.69 Å². The topological polar surface area (TPSA) is 68.5 Å². The van der Waals surface area contributed by atoms with E-state index in [1.54, 1.807) is 11.0 Å². The molecule has 1 N–H and O–H groups in total. The van der Waals surface area contributed by atoms with Crippen LogP contribution in [0.5, 0.6) is 0 Å². The lowest BCUT2D eigenvalue weighted by Gasteiger charge is -2.16. The molecule has 21 heavy (non-hydrogen) atoms. The van der Waals surface area contributed by atoms with Crippen LogP contribution in [0.15, 0.2) is 49.1 Å². The van der Waals surface area contributed by atoms with Crippen molar-refractivity contribution in [3.05, 3.63) is 60.2 Å². The maximum Gasteiger partial charge on any atom is 0.143 e. The SMILES string of the molecule is Cc1cncc(NC(C)c2cccc(-n3cnnn3)c2)c1. The number of hydrogen-bond acceptors (Lipinski definition) is 5. The van der Waals surface area contributed by atoms with E-state index in [1.807, 2.05) is 31.5 Å². The molecule has 1 aromatic carbocycles. The Kier molecular flexibility index (Phi) is 3.59. The van der Waals surface area contributed by atoms with Gasteiger partial charge in [0, 0.05) is 18.4 Å². The fourth-order valence-corrected chi connectivity index (χ4v) is 2.18. The van der Waals surface area contributed by atoms with Gasteiger partial charge in [-0.25, -0.2) is 4.68 Å². The summed E-state index contributed by atoms with van der Waals surface area (Å²) in [5, 5.41) is 14.7. The monoisotopic (exact) mass is 280 g/mol. The van der Waals surface area contributed by atoms with Crippen molar-refractivity contribution < 1.29 is 0 Å². The van der Waals surface area contributed by atoms with E-state index >= 15 is 0 Å². The molecule has 0 spiro atoms. The molecule has 0 aliphatic heterocycles. The second kappa shape index (κ2) is 5.70.